The second-order valence-electron chi connectivity index (χ2n) is 1.28. The minimum absolute atomic E-state index is 0. The number of thiophene rings is 1. The second kappa shape index (κ2) is 70.2. The molecule has 1 rings (SSSR count). The number of methoxy groups -OCH3 is 1. The van der Waals surface area contributed by atoms with Crippen LogP contribution in [0.3, 0.4) is 0 Å². The van der Waals surface area contributed by atoms with Gasteiger partial charge in [-0.2, -0.15) is 0 Å². The van der Waals surface area contributed by atoms with Gasteiger partial charge in [-0.05, 0) is 11.4 Å². The van der Waals surface area contributed by atoms with Gasteiger partial charge in [0.2, 0.25) is 0 Å². The van der Waals surface area contributed by atoms with Crippen molar-refractivity contribution in [3.8, 4) is 0 Å². The molecule has 0 N–H and O–H groups in total. The van der Waals surface area contributed by atoms with Crippen LogP contribution in [0.5, 0.6) is 0 Å². The molecule has 0 saturated heterocycles. The molecule has 1 aromatic heterocycles. The molecular weight excluding hydrogens is 312 g/mol. The van der Waals surface area contributed by atoms with E-state index in [1.54, 1.807) is 18.4 Å². The molecule has 1 heterocycles. The quantitative estimate of drug-likeness (QED) is 0.749. The number of hydrogen-bond donors (Lipinski definition) is 0. The van der Waals surface area contributed by atoms with Crippen LogP contribution in [0.1, 0.15) is 4.88 Å². The molecule has 0 bridgehead atoms. The zero-order valence-electron chi connectivity index (χ0n) is 9.50. The normalized spacial score (nSPS) is 5.11. The molecule has 8 heteroatoms. The SMILES string of the molecule is CO[C]c1cccs1.[C]=O.[C]=O.[C]=O.[C]=O.[C]=O.[Cr]. The van der Waals surface area contributed by atoms with Crippen molar-refractivity contribution in [3.63, 3.8) is 0 Å². The van der Waals surface area contributed by atoms with Crippen LogP contribution in [-0.2, 0) is 46.1 Å². The monoisotopic (exact) mass is 318 g/mol. The fourth-order valence-corrected chi connectivity index (χ4v) is 1.03. The second-order valence-corrected chi connectivity index (χ2v) is 2.23. The Balaban J connectivity index is -0.0000000332. The van der Waals surface area contributed by atoms with E-state index in [2.05, 4.69) is 45.3 Å². The van der Waals surface area contributed by atoms with Crippen molar-refractivity contribution in [1.29, 1.82) is 0 Å². The molecule has 0 aliphatic carbocycles. The van der Waals surface area contributed by atoms with Crippen LogP contribution in [0.2, 0.25) is 0 Å². The summed E-state index contributed by atoms with van der Waals surface area (Å²) in [5.41, 5.74) is 0. The third-order valence-corrected chi connectivity index (χ3v) is 1.49. The summed E-state index contributed by atoms with van der Waals surface area (Å²) < 4.78 is 4.65. The Morgan fingerprint density at radius 3 is 1.53 bits per heavy atom. The van der Waals surface area contributed by atoms with Gasteiger partial charge in [0.1, 0.15) is 0 Å². The molecule has 1 aromatic rings. The van der Waals surface area contributed by atoms with Crippen molar-refractivity contribution in [2.24, 2.45) is 0 Å². The van der Waals surface area contributed by atoms with Crippen LogP contribution in [0.15, 0.2) is 17.5 Å². The summed E-state index contributed by atoms with van der Waals surface area (Å²) >= 11 is 1.61. The Morgan fingerprint density at radius 2 is 1.32 bits per heavy atom. The molecule has 0 saturated carbocycles. The Hall–Kier alpha value is -1.46. The Morgan fingerprint density at radius 1 is 0.947 bits per heavy atom. The fraction of sp³-hybridized carbons (Fsp3) is 0.0909. The van der Waals surface area contributed by atoms with Crippen LogP contribution >= 0.6 is 11.3 Å². The summed E-state index contributed by atoms with van der Waals surface area (Å²) in [7, 11) is 1.60. The summed E-state index contributed by atoms with van der Waals surface area (Å²) in [6, 6.07) is 3.92. The molecule has 6 nitrogen and oxygen atoms in total. The van der Waals surface area contributed by atoms with Gasteiger partial charge in [0.25, 0.3) is 33.9 Å². The predicted molar refractivity (Wildman–Crippen MR) is 62.1 cm³/mol. The summed E-state index contributed by atoms with van der Waals surface area (Å²) in [6.45, 7) is 25.2. The number of ether oxygens (including phenoxy) is 1. The van der Waals surface area contributed by atoms with Gasteiger partial charge in [-0.25, -0.2) is 0 Å². The van der Waals surface area contributed by atoms with E-state index in [0.717, 1.165) is 4.88 Å². The first kappa shape index (κ1) is 36.0. The molecule has 0 aromatic carbocycles. The largest absolute Gasteiger partial charge is 0.365 e. The molecule has 0 aliphatic rings. The van der Waals surface area contributed by atoms with Gasteiger partial charge >= 0.3 is 0 Å². The first-order chi connectivity index (χ1) is 8.93. The van der Waals surface area contributed by atoms with Crippen LogP contribution < -0.4 is 0 Å². The van der Waals surface area contributed by atoms with Crippen LogP contribution in [0.25, 0.3) is 0 Å². The summed E-state index contributed by atoms with van der Waals surface area (Å²) in [5.74, 6) is 0. The molecule has 0 unspecified atom stereocenters. The zero-order chi connectivity index (χ0) is 15.8. The van der Waals surface area contributed by atoms with Gasteiger partial charge in [-0.15, -0.1) is 11.3 Å². The van der Waals surface area contributed by atoms with Crippen LogP contribution in [0.4, 0.5) is 0 Å². The summed E-state index contributed by atoms with van der Waals surface area (Å²) in [5, 5.41) is 1.99. The van der Waals surface area contributed by atoms with E-state index in [1.807, 2.05) is 17.5 Å². The van der Waals surface area contributed by atoms with E-state index in [-0.39, 0.29) is 17.4 Å². The predicted octanol–water partition coefficient (Wildman–Crippen LogP) is -0.207. The average Bonchev–Trinajstić information content (AvgIpc) is 3.03. The fourth-order valence-electron chi connectivity index (χ4n) is 0.437. The first-order valence-electron chi connectivity index (χ1n) is 3.28. The van der Waals surface area contributed by atoms with Crippen LogP contribution in [0, 0.1) is 6.61 Å². The average molecular weight is 318 g/mol. The maximum absolute atomic E-state index is 7.50. The third kappa shape index (κ3) is 47.9. The Labute approximate surface area is 127 Å². The maximum atomic E-state index is 7.50. The smallest absolute Gasteiger partial charge is 0.281 e. The minimum Gasteiger partial charge on any atom is -0.365 e. The van der Waals surface area contributed by atoms with Crippen molar-refractivity contribution in [2.45, 2.75) is 0 Å². The van der Waals surface area contributed by atoms with Gasteiger partial charge in [-0.1, -0.05) is 6.07 Å². The van der Waals surface area contributed by atoms with E-state index in [9.17, 15) is 0 Å². The van der Waals surface area contributed by atoms with Crippen molar-refractivity contribution < 1.29 is 46.1 Å². The van der Waals surface area contributed by atoms with E-state index < -0.39 is 0 Å². The van der Waals surface area contributed by atoms with E-state index in [1.165, 1.54) is 0 Å². The van der Waals surface area contributed by atoms with Crippen molar-refractivity contribution in [1.82, 2.24) is 0 Å². The van der Waals surface area contributed by atoms with E-state index in [4.69, 9.17) is 24.0 Å². The van der Waals surface area contributed by atoms with Gasteiger partial charge in [-0.3, -0.25) is 24.0 Å². The van der Waals surface area contributed by atoms with Gasteiger partial charge in [0.15, 0.2) is 6.61 Å². The van der Waals surface area contributed by atoms with Crippen LogP contribution in [-0.4, -0.2) is 41.1 Å². The first-order valence-corrected chi connectivity index (χ1v) is 4.16. The summed E-state index contributed by atoms with van der Waals surface area (Å²) in [4.78, 5) is 38.5. The third-order valence-electron chi connectivity index (χ3n) is 0.724. The van der Waals surface area contributed by atoms with Crippen molar-refractivity contribution >= 4 is 45.3 Å². The Bertz CT molecular complexity index is 199. The Kier molecular flexibility index (Phi) is 133. The molecule has 19 heavy (non-hydrogen) atoms. The molecule has 0 aliphatic heterocycles. The number of hydrogen-bond acceptors (Lipinski definition) is 7. The topological polar surface area (TPSA) is 94.6 Å². The summed E-state index contributed by atoms with van der Waals surface area (Å²) in [6.07, 6.45) is 0. The molecule has 12 radical (unpaired) electrons. The van der Waals surface area contributed by atoms with Crippen molar-refractivity contribution in [3.05, 3.63) is 29.0 Å². The molecule has 98 valence electrons. The molecular formula is C11H6CrO6S. The van der Waals surface area contributed by atoms with Gasteiger partial charge in [0, 0.05) is 29.3 Å². The molecule has 0 atom stereocenters. The molecule has 0 amide bonds. The zero-order valence-corrected chi connectivity index (χ0v) is 11.6. The standard InChI is InChI=1S/C6H6OS.5CO.Cr/c1-7-5-6-3-2-4-8-6;5*1-2;/h2-4H,1H3;;;;;;. The number of rotatable bonds is 2. The van der Waals surface area contributed by atoms with E-state index in [0.29, 0.717) is 0 Å². The minimum atomic E-state index is 0. The van der Waals surface area contributed by atoms with E-state index >= 15 is 0 Å². The molecule has 0 spiro atoms. The van der Waals surface area contributed by atoms with Crippen molar-refractivity contribution in [2.75, 3.05) is 7.11 Å². The van der Waals surface area contributed by atoms with Gasteiger partial charge in [0.05, 0.1) is 0 Å². The van der Waals surface area contributed by atoms with Gasteiger partial charge < -0.3 is 4.74 Å². The molecule has 0 fully saturated rings. The maximum Gasteiger partial charge on any atom is 0.281 e. The number of carbonyl (C=O) groups excluding carboxylic acids is 5.